The van der Waals surface area contributed by atoms with Crippen LogP contribution in [-0.4, -0.2) is 28.6 Å². The van der Waals surface area contributed by atoms with Gasteiger partial charge in [-0.05, 0) is 36.5 Å². The topological polar surface area (TPSA) is 15.8 Å². The Morgan fingerprint density at radius 3 is 2.39 bits per heavy atom. The Kier molecular flexibility index (Phi) is 5.49. The molecule has 1 aromatic heterocycles. The van der Waals surface area contributed by atoms with Crippen molar-refractivity contribution in [3.63, 3.8) is 0 Å². The van der Waals surface area contributed by atoms with Gasteiger partial charge in [-0.2, -0.15) is 33.7 Å². The van der Waals surface area contributed by atoms with Gasteiger partial charge in [-0.3, -0.25) is 0 Å². The second-order valence-corrected chi connectivity index (χ2v) is 5.09. The van der Waals surface area contributed by atoms with Gasteiger partial charge in [-0.25, -0.2) is 0 Å². The number of aromatic nitrogens is 1. The predicted molar refractivity (Wildman–Crippen MR) is 62.1 cm³/mol. The molecule has 0 aliphatic rings. The number of aryl methyl sites for hydroxylation is 1. The molecule has 1 aromatic rings. The Morgan fingerprint density at radius 2 is 1.83 bits per heavy atom. The van der Waals surface area contributed by atoms with Crippen molar-refractivity contribution in [2.45, 2.75) is 31.4 Å². The molecule has 0 aliphatic carbocycles. The molecule has 0 saturated carbocycles. The van der Waals surface area contributed by atoms with Gasteiger partial charge in [0.1, 0.15) is 0 Å². The number of thioether (sulfide) groups is 1. The zero-order valence-electron chi connectivity index (χ0n) is 9.57. The number of hydrogen-bond donors (Lipinski definition) is 1. The van der Waals surface area contributed by atoms with E-state index in [0.717, 1.165) is 12.1 Å². The van der Waals surface area contributed by atoms with E-state index in [4.69, 9.17) is 0 Å². The van der Waals surface area contributed by atoms with E-state index in [1.54, 1.807) is 6.20 Å². The third-order valence-corrected chi connectivity index (χ3v) is 3.44. The van der Waals surface area contributed by atoms with Gasteiger partial charge in [0.05, 0.1) is 0 Å². The van der Waals surface area contributed by atoms with Crippen LogP contribution >= 0.6 is 11.8 Å². The summed E-state index contributed by atoms with van der Waals surface area (Å²) in [5.74, 6) is -3.54. The van der Waals surface area contributed by atoms with E-state index in [2.05, 4.69) is 4.98 Å². The molecule has 0 aliphatic heterocycles. The largest absolute Gasteiger partial charge is 0.453 e. The minimum absolute atomic E-state index is 0.137. The van der Waals surface area contributed by atoms with Crippen LogP contribution in [0.25, 0.3) is 0 Å². The SMILES string of the molecule is FC(F)(F)C(F)(F)CCCSCCc1ccc[nH]1. The highest BCUT2D eigenvalue weighted by Gasteiger charge is 2.56. The Labute approximate surface area is 106 Å². The third-order valence-electron chi connectivity index (χ3n) is 2.37. The van der Waals surface area contributed by atoms with Crippen LogP contribution in [0.2, 0.25) is 0 Å². The second kappa shape index (κ2) is 6.45. The smallest absolute Gasteiger partial charge is 0.365 e. The van der Waals surface area contributed by atoms with Crippen molar-refractivity contribution in [3.8, 4) is 0 Å². The average molecular weight is 287 g/mol. The zero-order chi connectivity index (χ0) is 13.6. The van der Waals surface area contributed by atoms with Crippen LogP contribution < -0.4 is 0 Å². The van der Waals surface area contributed by atoms with Crippen molar-refractivity contribution in [1.29, 1.82) is 0 Å². The van der Waals surface area contributed by atoms with E-state index >= 15 is 0 Å². The molecule has 0 saturated heterocycles. The van der Waals surface area contributed by atoms with Crippen LogP contribution in [0.1, 0.15) is 18.5 Å². The van der Waals surface area contributed by atoms with Gasteiger partial charge in [0.15, 0.2) is 0 Å². The highest BCUT2D eigenvalue weighted by atomic mass is 32.2. The van der Waals surface area contributed by atoms with Crippen molar-refractivity contribution in [2.24, 2.45) is 0 Å². The lowest BCUT2D eigenvalue weighted by Gasteiger charge is -2.19. The van der Waals surface area contributed by atoms with Crippen molar-refractivity contribution in [2.75, 3.05) is 11.5 Å². The maximum Gasteiger partial charge on any atom is 0.453 e. The van der Waals surface area contributed by atoms with Gasteiger partial charge >= 0.3 is 12.1 Å². The first-order valence-electron chi connectivity index (χ1n) is 5.47. The molecule has 18 heavy (non-hydrogen) atoms. The first kappa shape index (κ1) is 15.3. The van der Waals surface area contributed by atoms with Crippen LogP contribution in [0.3, 0.4) is 0 Å². The van der Waals surface area contributed by atoms with E-state index in [1.165, 1.54) is 11.8 Å². The summed E-state index contributed by atoms with van der Waals surface area (Å²) in [4.78, 5) is 2.99. The van der Waals surface area contributed by atoms with E-state index in [9.17, 15) is 22.0 Å². The molecule has 0 bridgehead atoms. The Hall–Kier alpha value is -0.720. The molecular weight excluding hydrogens is 273 g/mol. The van der Waals surface area contributed by atoms with Gasteiger partial charge in [-0.1, -0.05) is 0 Å². The second-order valence-electron chi connectivity index (χ2n) is 3.86. The standard InChI is InChI=1S/C11H14F5NS/c12-10(13,11(14,15)16)5-2-7-18-8-4-9-3-1-6-17-9/h1,3,6,17H,2,4-5,7-8H2. The highest BCUT2D eigenvalue weighted by Crippen LogP contribution is 2.38. The summed E-state index contributed by atoms with van der Waals surface area (Å²) < 4.78 is 60.5. The molecule has 0 atom stereocenters. The Bertz CT molecular complexity index is 334. The van der Waals surface area contributed by atoms with E-state index in [-0.39, 0.29) is 6.42 Å². The maximum absolute atomic E-state index is 12.5. The summed E-state index contributed by atoms with van der Waals surface area (Å²) >= 11 is 1.38. The molecule has 104 valence electrons. The third kappa shape index (κ3) is 4.88. The number of rotatable bonds is 7. The highest BCUT2D eigenvalue weighted by molar-refractivity contribution is 7.99. The lowest BCUT2D eigenvalue weighted by molar-refractivity contribution is -0.284. The fourth-order valence-electron chi connectivity index (χ4n) is 1.35. The van der Waals surface area contributed by atoms with Crippen LogP contribution in [-0.2, 0) is 6.42 Å². The van der Waals surface area contributed by atoms with E-state index in [0.29, 0.717) is 11.5 Å². The molecule has 0 spiro atoms. The molecule has 7 heteroatoms. The monoisotopic (exact) mass is 287 g/mol. The van der Waals surface area contributed by atoms with Crippen LogP contribution in [0.15, 0.2) is 18.3 Å². The van der Waals surface area contributed by atoms with Crippen LogP contribution in [0.4, 0.5) is 22.0 Å². The lowest BCUT2D eigenvalue weighted by atomic mass is 10.2. The van der Waals surface area contributed by atoms with Crippen molar-refractivity contribution in [1.82, 2.24) is 4.98 Å². The molecule has 1 nitrogen and oxygen atoms in total. The normalized spacial score (nSPS) is 12.9. The first-order chi connectivity index (χ1) is 8.33. The number of aromatic amines is 1. The van der Waals surface area contributed by atoms with Crippen molar-refractivity contribution >= 4 is 11.8 Å². The molecule has 0 unspecified atom stereocenters. The molecular formula is C11H14F5NS. The van der Waals surface area contributed by atoms with E-state index < -0.39 is 18.5 Å². The average Bonchev–Trinajstić information content (AvgIpc) is 2.74. The molecule has 1 rings (SSSR count). The Morgan fingerprint density at radius 1 is 1.11 bits per heavy atom. The number of hydrogen-bond acceptors (Lipinski definition) is 1. The molecule has 1 N–H and O–H groups in total. The van der Waals surface area contributed by atoms with Crippen molar-refractivity contribution < 1.29 is 22.0 Å². The molecule has 0 radical (unpaired) electrons. The summed E-state index contributed by atoms with van der Waals surface area (Å²) in [6.45, 7) is 0. The quantitative estimate of drug-likeness (QED) is 0.585. The van der Waals surface area contributed by atoms with Crippen LogP contribution in [0.5, 0.6) is 0 Å². The molecule has 0 amide bonds. The summed E-state index contributed by atoms with van der Waals surface area (Å²) in [6, 6.07) is 3.75. The maximum atomic E-state index is 12.5. The van der Waals surface area contributed by atoms with E-state index in [1.807, 2.05) is 12.1 Å². The minimum atomic E-state index is -5.43. The van der Waals surface area contributed by atoms with Crippen LogP contribution in [0, 0.1) is 0 Å². The summed E-state index contributed by atoms with van der Waals surface area (Å²) in [6.07, 6.45) is -4.16. The number of nitrogens with one attached hydrogen (secondary N) is 1. The molecule has 0 aromatic carbocycles. The van der Waals surface area contributed by atoms with Gasteiger partial charge < -0.3 is 4.98 Å². The fraction of sp³-hybridized carbons (Fsp3) is 0.636. The number of H-pyrrole nitrogens is 1. The number of halogens is 5. The van der Waals surface area contributed by atoms with Gasteiger partial charge in [0.2, 0.25) is 0 Å². The Balaban J connectivity index is 2.08. The molecule has 1 heterocycles. The minimum Gasteiger partial charge on any atom is -0.365 e. The summed E-state index contributed by atoms with van der Waals surface area (Å²) in [7, 11) is 0. The summed E-state index contributed by atoms with van der Waals surface area (Å²) in [5.41, 5.74) is 1.03. The first-order valence-corrected chi connectivity index (χ1v) is 6.63. The lowest BCUT2D eigenvalue weighted by Crippen LogP contribution is -2.36. The fourth-order valence-corrected chi connectivity index (χ4v) is 2.26. The van der Waals surface area contributed by atoms with Crippen molar-refractivity contribution in [3.05, 3.63) is 24.0 Å². The number of alkyl halides is 5. The van der Waals surface area contributed by atoms with Gasteiger partial charge in [0.25, 0.3) is 0 Å². The van der Waals surface area contributed by atoms with Gasteiger partial charge in [0, 0.05) is 18.3 Å². The van der Waals surface area contributed by atoms with Gasteiger partial charge in [-0.15, -0.1) is 0 Å². The predicted octanol–water partition coefficient (Wildman–Crippen LogP) is 4.27. The zero-order valence-corrected chi connectivity index (χ0v) is 10.4. The summed E-state index contributed by atoms with van der Waals surface area (Å²) in [5, 5.41) is 0. The molecule has 0 fully saturated rings.